The van der Waals surface area contributed by atoms with Gasteiger partial charge in [-0.2, -0.15) is 9.83 Å². The zero-order valence-electron chi connectivity index (χ0n) is 24.6. The van der Waals surface area contributed by atoms with Crippen molar-refractivity contribution >= 4 is 41.8 Å². The number of aliphatic imine (C=N–C) groups is 1. The van der Waals surface area contributed by atoms with Crippen molar-refractivity contribution in [3.63, 3.8) is 0 Å². The van der Waals surface area contributed by atoms with Gasteiger partial charge in [0, 0.05) is 23.7 Å². The van der Waals surface area contributed by atoms with Gasteiger partial charge in [-0.1, -0.05) is 50.1 Å². The van der Waals surface area contributed by atoms with Crippen molar-refractivity contribution < 1.29 is 36.0 Å². The summed E-state index contributed by atoms with van der Waals surface area (Å²) in [5.41, 5.74) is 6.24. The van der Waals surface area contributed by atoms with Gasteiger partial charge in [0.25, 0.3) is 6.73 Å². The van der Waals surface area contributed by atoms with Gasteiger partial charge in [-0.05, 0) is 62.9 Å². The predicted molar refractivity (Wildman–Crippen MR) is 168 cm³/mol. The van der Waals surface area contributed by atoms with Gasteiger partial charge in [-0.25, -0.2) is 4.79 Å². The third-order valence-corrected chi connectivity index (χ3v) is 6.38. The zero-order valence-corrected chi connectivity index (χ0v) is 27.0. The number of carbonyl (C=O) groups excluding carboxylic acids is 1. The number of unbranched alkanes of at least 4 members (excludes halogenated alkanes) is 9. The minimum atomic E-state index is -0.677. The highest BCUT2D eigenvalue weighted by Crippen LogP contribution is 2.16. The van der Waals surface area contributed by atoms with Crippen LogP contribution in [0.5, 0.6) is 5.75 Å². The summed E-state index contributed by atoms with van der Waals surface area (Å²) in [5.74, 6) is 1.20. The predicted octanol–water partition coefficient (Wildman–Crippen LogP) is 3.33. The van der Waals surface area contributed by atoms with E-state index in [0.717, 1.165) is 69.3 Å². The Labute approximate surface area is 273 Å². The van der Waals surface area contributed by atoms with Crippen molar-refractivity contribution in [1.82, 2.24) is 5.32 Å². The van der Waals surface area contributed by atoms with E-state index in [0.29, 0.717) is 30.7 Å². The molecule has 0 bridgehead atoms. The Morgan fingerprint density at radius 3 is 2.14 bits per heavy atom. The number of rotatable bonds is 20. The van der Waals surface area contributed by atoms with E-state index in [2.05, 4.69) is 15.6 Å². The molecule has 0 aliphatic heterocycles. The summed E-state index contributed by atoms with van der Waals surface area (Å²) >= 11 is 5.88. The minimum absolute atomic E-state index is 0. The molecule has 0 saturated heterocycles. The highest BCUT2D eigenvalue weighted by Gasteiger charge is 2.09. The molecule has 1 heterocycles. The number of guanidine groups is 1. The number of nitriles is 1. The number of pyridine rings is 1. The Morgan fingerprint density at radius 2 is 1.49 bits per heavy atom. The summed E-state index contributed by atoms with van der Waals surface area (Å²) in [6, 6.07) is 11.0. The van der Waals surface area contributed by atoms with Crippen LogP contribution in [-0.4, -0.2) is 38.4 Å². The van der Waals surface area contributed by atoms with Crippen molar-refractivity contribution in [1.29, 1.82) is 5.26 Å². The number of benzene rings is 1. The fraction of sp³-hybridized carbons (Fsp3) is 0.533. The number of anilines is 1. The Morgan fingerprint density at radius 1 is 0.884 bits per heavy atom. The molecular weight excluding hydrogens is 615 g/mol. The molecule has 0 aliphatic rings. The van der Waals surface area contributed by atoms with E-state index in [4.69, 9.17) is 36.8 Å². The molecule has 0 radical (unpaired) electrons. The van der Waals surface area contributed by atoms with Crippen LogP contribution in [0.4, 0.5) is 10.5 Å². The van der Waals surface area contributed by atoms with Crippen molar-refractivity contribution in [3.05, 3.63) is 53.8 Å². The van der Waals surface area contributed by atoms with Crippen LogP contribution in [0.25, 0.3) is 0 Å². The Kier molecular flexibility index (Phi) is 24.8. The largest absolute Gasteiger partial charge is 1.00 e. The lowest BCUT2D eigenvalue weighted by Gasteiger charge is -2.08. The molecule has 4 N–H and O–H groups in total. The summed E-state index contributed by atoms with van der Waals surface area (Å²) in [6.45, 7) is 2.41. The van der Waals surface area contributed by atoms with Crippen molar-refractivity contribution in [2.24, 2.45) is 10.7 Å². The Bertz CT molecular complexity index is 1050. The molecule has 2 aromatic rings. The zero-order chi connectivity index (χ0) is 29.4. The number of hydrogen-bond donors (Lipinski definition) is 3. The minimum Gasteiger partial charge on any atom is -1.00 e. The van der Waals surface area contributed by atoms with E-state index < -0.39 is 6.16 Å². The first-order chi connectivity index (χ1) is 20.1. The van der Waals surface area contributed by atoms with Gasteiger partial charge >= 0.3 is 6.16 Å². The fourth-order valence-electron chi connectivity index (χ4n) is 3.86. The third kappa shape index (κ3) is 20.6. The van der Waals surface area contributed by atoms with Gasteiger partial charge in [0.15, 0.2) is 18.6 Å². The fourth-order valence-corrected chi connectivity index (χ4v) is 3.99. The standard InChI is InChI=1S/C30H43ClN6O4.2ClH/c31-26-12-14-28(15-13-26)39-22-10-7-5-9-19-34-29(35-24-33)36-27-16-20-37(21-17-27)25-41-30(38)40-23-11-6-3-1-2-4-8-18-32;;/h12-17,20-21H,1-11,18-19,22-23,25,32H2,(H,34,35);2*1H. The summed E-state index contributed by atoms with van der Waals surface area (Å²) in [7, 11) is 0. The second-order valence-corrected chi connectivity index (χ2v) is 9.98. The lowest BCUT2D eigenvalue weighted by Crippen LogP contribution is -3.00. The van der Waals surface area contributed by atoms with Crippen LogP contribution in [0.1, 0.15) is 70.6 Å². The Balaban J connectivity index is 0.00000882. The smallest absolute Gasteiger partial charge is 0.513 e. The van der Waals surface area contributed by atoms with Gasteiger partial charge in [0.2, 0.25) is 5.96 Å². The Hall–Kier alpha value is -2.97. The van der Waals surface area contributed by atoms with Gasteiger partial charge in [0.1, 0.15) is 5.75 Å². The van der Waals surface area contributed by atoms with E-state index in [9.17, 15) is 4.79 Å². The SMILES string of the molecule is Cl.N#CNC(=NCCCCCCOc1ccc(Cl)cc1)Nc1cc[n+](COC(=O)OCCCCCCCCCN)cc1.[Cl-]. The maximum atomic E-state index is 11.8. The molecule has 43 heavy (non-hydrogen) atoms. The molecule has 10 nitrogen and oxygen atoms in total. The number of halogens is 3. The molecule has 0 amide bonds. The second-order valence-electron chi connectivity index (χ2n) is 9.55. The van der Waals surface area contributed by atoms with Crippen LogP contribution in [0.2, 0.25) is 5.02 Å². The first kappa shape index (κ1) is 40.0. The molecule has 0 aliphatic carbocycles. The van der Waals surface area contributed by atoms with Crippen LogP contribution < -0.4 is 38.1 Å². The van der Waals surface area contributed by atoms with E-state index >= 15 is 0 Å². The van der Waals surface area contributed by atoms with Crippen LogP contribution in [-0.2, 0) is 16.2 Å². The maximum Gasteiger partial charge on any atom is 0.513 e. The number of carbonyl (C=O) groups is 1. The normalized spacial score (nSPS) is 10.5. The van der Waals surface area contributed by atoms with E-state index in [-0.39, 0.29) is 31.5 Å². The van der Waals surface area contributed by atoms with Crippen molar-refractivity contribution in [2.45, 2.75) is 77.4 Å². The monoisotopic (exact) mass is 658 g/mol. The molecule has 0 unspecified atom stereocenters. The van der Waals surface area contributed by atoms with Gasteiger partial charge in [-0.3, -0.25) is 10.3 Å². The van der Waals surface area contributed by atoms with Crippen LogP contribution >= 0.6 is 24.0 Å². The van der Waals surface area contributed by atoms with Crippen molar-refractivity contribution in [2.75, 3.05) is 31.6 Å². The molecule has 1 aromatic carbocycles. The maximum absolute atomic E-state index is 11.8. The molecule has 0 fully saturated rings. The van der Waals surface area contributed by atoms with Gasteiger partial charge < -0.3 is 37.7 Å². The van der Waals surface area contributed by atoms with Crippen LogP contribution in [0.3, 0.4) is 0 Å². The number of nitrogens with two attached hydrogens (primary N) is 1. The number of nitrogens with one attached hydrogen (secondary N) is 2. The summed E-state index contributed by atoms with van der Waals surface area (Å²) in [6.07, 6.45) is 16.3. The number of nitrogens with zero attached hydrogens (tertiary/aromatic N) is 3. The first-order valence-corrected chi connectivity index (χ1v) is 14.8. The van der Waals surface area contributed by atoms with E-state index in [1.165, 1.54) is 19.3 Å². The molecular formula is C30H45Cl3N6O4. The summed E-state index contributed by atoms with van der Waals surface area (Å²) < 4.78 is 17.7. The summed E-state index contributed by atoms with van der Waals surface area (Å²) in [5, 5.41) is 15.4. The molecule has 0 saturated carbocycles. The highest BCUT2D eigenvalue weighted by atomic mass is 35.5. The number of hydrogen-bond acceptors (Lipinski definition) is 7. The second kappa shape index (κ2) is 26.6. The number of aromatic nitrogens is 1. The van der Waals surface area contributed by atoms with Crippen LogP contribution in [0, 0.1) is 11.5 Å². The van der Waals surface area contributed by atoms with Crippen molar-refractivity contribution in [3.8, 4) is 11.9 Å². The lowest BCUT2D eigenvalue weighted by atomic mass is 10.1. The number of ether oxygens (including phenoxy) is 3. The molecule has 0 atom stereocenters. The molecule has 0 spiro atoms. The quantitative estimate of drug-likeness (QED) is 0.0375. The summed E-state index contributed by atoms with van der Waals surface area (Å²) in [4.78, 5) is 16.3. The third-order valence-electron chi connectivity index (χ3n) is 6.13. The average molecular weight is 660 g/mol. The molecule has 240 valence electrons. The van der Waals surface area contributed by atoms with E-state index in [1.807, 2.05) is 30.5 Å². The molecule has 2 rings (SSSR count). The van der Waals surface area contributed by atoms with E-state index in [1.54, 1.807) is 29.1 Å². The van der Waals surface area contributed by atoms with Gasteiger partial charge in [0.05, 0.1) is 18.9 Å². The average Bonchev–Trinajstić information content (AvgIpc) is 2.98. The lowest BCUT2D eigenvalue weighted by molar-refractivity contribution is -0.727. The first-order valence-electron chi connectivity index (χ1n) is 14.4. The van der Waals surface area contributed by atoms with Crippen LogP contribution in [0.15, 0.2) is 53.8 Å². The topological polar surface area (TPSA) is 135 Å². The molecule has 13 heteroatoms. The highest BCUT2D eigenvalue weighted by molar-refractivity contribution is 6.30. The molecule has 1 aromatic heterocycles. The van der Waals surface area contributed by atoms with Gasteiger partial charge in [-0.15, -0.1) is 12.4 Å².